The Hall–Kier alpha value is -1.36. The molecule has 1 aromatic rings. The van der Waals surface area contributed by atoms with Crippen molar-refractivity contribution in [2.45, 2.75) is 26.3 Å². The molecule has 2 atom stereocenters. The summed E-state index contributed by atoms with van der Waals surface area (Å²) in [5.74, 6) is 0.504. The van der Waals surface area contributed by atoms with Gasteiger partial charge < -0.3 is 10.5 Å². The number of ketones is 1. The molecule has 0 aliphatic carbocycles. The highest BCUT2D eigenvalue weighted by Gasteiger charge is 2.26. The van der Waals surface area contributed by atoms with E-state index in [1.807, 2.05) is 13.8 Å². The monoisotopic (exact) mass is 225 g/mol. The summed E-state index contributed by atoms with van der Waals surface area (Å²) in [5.41, 5.74) is 6.35. The number of aryl methyl sites for hydroxylation is 1. The Balaban J connectivity index is 2.99. The van der Waals surface area contributed by atoms with E-state index < -0.39 is 6.04 Å². The van der Waals surface area contributed by atoms with Gasteiger partial charge in [-0.25, -0.2) is 0 Å². The van der Waals surface area contributed by atoms with Gasteiger partial charge >= 0.3 is 0 Å². The molecule has 0 amide bonds. The van der Waals surface area contributed by atoms with Crippen LogP contribution in [-0.2, 0) is 7.05 Å². The van der Waals surface area contributed by atoms with Crippen LogP contribution < -0.4 is 10.5 Å². The van der Waals surface area contributed by atoms with E-state index in [0.717, 1.165) is 6.42 Å². The minimum absolute atomic E-state index is 0.119. The smallest absolute Gasteiger partial charge is 0.201 e. The van der Waals surface area contributed by atoms with Gasteiger partial charge in [0.15, 0.2) is 5.75 Å². The standard InChI is InChI=1S/C11H19N3O2/c1-5-7(2)9(12)11(15)10-8(16-4)6-13-14(10)3/h6-7,9H,5,12H2,1-4H3. The maximum absolute atomic E-state index is 12.1. The van der Waals surface area contributed by atoms with Crippen molar-refractivity contribution in [3.8, 4) is 5.75 Å². The van der Waals surface area contributed by atoms with Crippen LogP contribution in [0.4, 0.5) is 0 Å². The molecule has 16 heavy (non-hydrogen) atoms. The Morgan fingerprint density at radius 3 is 2.81 bits per heavy atom. The zero-order valence-electron chi connectivity index (χ0n) is 10.2. The Morgan fingerprint density at radius 2 is 2.31 bits per heavy atom. The molecule has 2 N–H and O–H groups in total. The van der Waals surface area contributed by atoms with Gasteiger partial charge in [-0.05, 0) is 5.92 Å². The van der Waals surface area contributed by atoms with E-state index >= 15 is 0 Å². The third kappa shape index (κ3) is 2.24. The van der Waals surface area contributed by atoms with Crippen LogP contribution in [0.1, 0.15) is 30.8 Å². The summed E-state index contributed by atoms with van der Waals surface area (Å²) in [6.45, 7) is 3.98. The molecule has 0 bridgehead atoms. The third-order valence-corrected chi connectivity index (χ3v) is 2.92. The van der Waals surface area contributed by atoms with E-state index in [1.54, 1.807) is 7.05 Å². The molecule has 0 aromatic carbocycles. The lowest BCUT2D eigenvalue weighted by Crippen LogP contribution is -2.37. The van der Waals surface area contributed by atoms with E-state index in [4.69, 9.17) is 10.5 Å². The molecule has 0 radical (unpaired) electrons. The fourth-order valence-corrected chi connectivity index (χ4v) is 1.52. The van der Waals surface area contributed by atoms with E-state index in [0.29, 0.717) is 11.4 Å². The molecule has 1 rings (SSSR count). The van der Waals surface area contributed by atoms with Gasteiger partial charge in [0.25, 0.3) is 0 Å². The van der Waals surface area contributed by atoms with Gasteiger partial charge in [0.1, 0.15) is 5.69 Å². The third-order valence-electron chi connectivity index (χ3n) is 2.92. The van der Waals surface area contributed by atoms with Crippen molar-refractivity contribution in [1.82, 2.24) is 9.78 Å². The first kappa shape index (κ1) is 12.7. The summed E-state index contributed by atoms with van der Waals surface area (Å²) in [4.78, 5) is 12.1. The molecule has 0 spiro atoms. The summed E-state index contributed by atoms with van der Waals surface area (Å²) in [6, 6.07) is -0.505. The number of carbonyl (C=O) groups excluding carboxylic acids is 1. The van der Waals surface area contributed by atoms with Crippen molar-refractivity contribution in [2.24, 2.45) is 18.7 Å². The highest BCUT2D eigenvalue weighted by atomic mass is 16.5. The van der Waals surface area contributed by atoms with Crippen molar-refractivity contribution in [2.75, 3.05) is 7.11 Å². The first-order chi connectivity index (χ1) is 7.52. The number of Topliss-reactive ketones (excluding diaryl/α,β-unsaturated/α-hetero) is 1. The van der Waals surface area contributed by atoms with Gasteiger partial charge in [0.05, 0.1) is 19.3 Å². The van der Waals surface area contributed by atoms with Gasteiger partial charge in [-0.2, -0.15) is 5.10 Å². The summed E-state index contributed by atoms with van der Waals surface area (Å²) in [6.07, 6.45) is 2.39. The lowest BCUT2D eigenvalue weighted by atomic mass is 9.94. The zero-order valence-corrected chi connectivity index (χ0v) is 10.2. The van der Waals surface area contributed by atoms with Crippen molar-refractivity contribution in [3.63, 3.8) is 0 Å². The first-order valence-corrected chi connectivity index (χ1v) is 5.38. The Kier molecular flexibility index (Phi) is 4.06. The predicted molar refractivity (Wildman–Crippen MR) is 61.5 cm³/mol. The molecule has 2 unspecified atom stereocenters. The second kappa shape index (κ2) is 5.12. The summed E-state index contributed by atoms with van der Waals surface area (Å²) in [7, 11) is 3.22. The molecule has 5 heteroatoms. The van der Waals surface area contributed by atoms with Gasteiger partial charge in [0.2, 0.25) is 5.78 Å². The fourth-order valence-electron chi connectivity index (χ4n) is 1.52. The van der Waals surface area contributed by atoms with E-state index in [9.17, 15) is 4.79 Å². The van der Waals surface area contributed by atoms with Crippen molar-refractivity contribution in [3.05, 3.63) is 11.9 Å². The van der Waals surface area contributed by atoms with Crippen LogP contribution in [0.2, 0.25) is 0 Å². The molecule has 0 saturated heterocycles. The Bertz CT molecular complexity index is 373. The SMILES string of the molecule is CCC(C)C(N)C(=O)c1c(OC)cnn1C. The van der Waals surface area contributed by atoms with Crippen LogP contribution in [-0.4, -0.2) is 28.7 Å². The number of carbonyl (C=O) groups is 1. The average molecular weight is 225 g/mol. The number of aromatic nitrogens is 2. The zero-order chi connectivity index (χ0) is 12.3. The number of nitrogens with two attached hydrogens (primary N) is 1. The Morgan fingerprint density at radius 1 is 1.69 bits per heavy atom. The maximum atomic E-state index is 12.1. The number of hydrogen-bond acceptors (Lipinski definition) is 4. The van der Waals surface area contributed by atoms with Gasteiger partial charge in [0, 0.05) is 7.05 Å². The van der Waals surface area contributed by atoms with Gasteiger partial charge in [-0.15, -0.1) is 0 Å². The number of hydrogen-bond donors (Lipinski definition) is 1. The molecule has 5 nitrogen and oxygen atoms in total. The molecule has 1 aromatic heterocycles. The molecule has 0 saturated carbocycles. The van der Waals surface area contributed by atoms with E-state index in [1.165, 1.54) is 18.0 Å². The molecule has 0 fully saturated rings. The maximum Gasteiger partial charge on any atom is 0.201 e. The molecular weight excluding hydrogens is 206 g/mol. The Labute approximate surface area is 95.6 Å². The van der Waals surface area contributed by atoms with Crippen LogP contribution in [0.25, 0.3) is 0 Å². The lowest BCUT2D eigenvalue weighted by molar-refractivity contribution is 0.0922. The summed E-state index contributed by atoms with van der Waals surface area (Å²) < 4.78 is 6.59. The quantitative estimate of drug-likeness (QED) is 0.758. The number of methoxy groups -OCH3 is 1. The first-order valence-electron chi connectivity index (χ1n) is 5.38. The van der Waals surface area contributed by atoms with Gasteiger partial charge in [-0.3, -0.25) is 9.48 Å². The lowest BCUT2D eigenvalue weighted by Gasteiger charge is -2.17. The van der Waals surface area contributed by atoms with E-state index in [2.05, 4.69) is 5.10 Å². The van der Waals surface area contributed by atoms with E-state index in [-0.39, 0.29) is 11.7 Å². The molecule has 0 aliphatic heterocycles. The second-order valence-electron chi connectivity index (χ2n) is 3.96. The fraction of sp³-hybridized carbons (Fsp3) is 0.636. The summed E-state index contributed by atoms with van der Waals surface area (Å²) in [5, 5.41) is 3.99. The molecule has 1 heterocycles. The molecule has 90 valence electrons. The highest BCUT2D eigenvalue weighted by molar-refractivity contribution is 6.00. The topological polar surface area (TPSA) is 70.1 Å². The average Bonchev–Trinajstić information content (AvgIpc) is 2.67. The molecular formula is C11H19N3O2. The van der Waals surface area contributed by atoms with Crippen LogP contribution in [0.3, 0.4) is 0 Å². The van der Waals surface area contributed by atoms with Crippen molar-refractivity contribution >= 4 is 5.78 Å². The van der Waals surface area contributed by atoms with Crippen LogP contribution in [0, 0.1) is 5.92 Å². The number of nitrogens with zero attached hydrogens (tertiary/aromatic N) is 2. The summed E-state index contributed by atoms with van der Waals surface area (Å²) >= 11 is 0. The van der Waals surface area contributed by atoms with Crippen LogP contribution >= 0.6 is 0 Å². The van der Waals surface area contributed by atoms with Crippen molar-refractivity contribution in [1.29, 1.82) is 0 Å². The molecule has 0 aliphatic rings. The number of rotatable bonds is 5. The minimum atomic E-state index is -0.505. The van der Waals surface area contributed by atoms with Crippen LogP contribution in [0.5, 0.6) is 5.75 Å². The minimum Gasteiger partial charge on any atom is -0.493 e. The normalized spacial score (nSPS) is 14.6. The number of ether oxygens (including phenoxy) is 1. The van der Waals surface area contributed by atoms with Crippen LogP contribution in [0.15, 0.2) is 6.20 Å². The predicted octanol–water partition coefficient (Wildman–Crippen LogP) is 0.985. The van der Waals surface area contributed by atoms with Crippen molar-refractivity contribution < 1.29 is 9.53 Å². The highest BCUT2D eigenvalue weighted by Crippen LogP contribution is 2.20. The second-order valence-corrected chi connectivity index (χ2v) is 3.96. The largest absolute Gasteiger partial charge is 0.493 e. The van der Waals surface area contributed by atoms with Gasteiger partial charge in [-0.1, -0.05) is 20.3 Å².